The topological polar surface area (TPSA) is 79.6 Å². The number of aliphatic carboxylic acids is 1. The summed E-state index contributed by atoms with van der Waals surface area (Å²) in [5.74, 6) is -0.672. The third-order valence-electron chi connectivity index (χ3n) is 5.30. The van der Waals surface area contributed by atoms with Crippen LogP contribution in [0.1, 0.15) is 30.9 Å². The summed E-state index contributed by atoms with van der Waals surface area (Å²) in [4.78, 5) is 38.7. The molecule has 4 rings (SSSR count). The average Bonchev–Trinajstić information content (AvgIpc) is 3.14. The molecule has 26 heavy (non-hydrogen) atoms. The molecule has 7 heteroatoms. The van der Waals surface area contributed by atoms with Gasteiger partial charge in [-0.05, 0) is 35.9 Å². The van der Waals surface area contributed by atoms with Crippen LogP contribution >= 0.6 is 11.3 Å². The van der Waals surface area contributed by atoms with E-state index >= 15 is 0 Å². The zero-order chi connectivity index (χ0) is 18.3. The van der Waals surface area contributed by atoms with Crippen LogP contribution in [0.4, 0.5) is 0 Å². The number of thiophene rings is 1. The van der Waals surface area contributed by atoms with Gasteiger partial charge in [-0.15, -0.1) is 11.3 Å². The maximum Gasteiger partial charge on any atom is 0.303 e. The molecule has 0 spiro atoms. The van der Waals surface area contributed by atoms with Crippen molar-refractivity contribution in [2.24, 2.45) is 5.92 Å². The van der Waals surface area contributed by atoms with E-state index < -0.39 is 5.97 Å². The number of rotatable bonds is 4. The molecule has 2 aliphatic heterocycles. The van der Waals surface area contributed by atoms with Crippen molar-refractivity contribution in [3.8, 4) is 10.4 Å². The van der Waals surface area contributed by atoms with E-state index in [-0.39, 0.29) is 36.1 Å². The van der Waals surface area contributed by atoms with Crippen LogP contribution < -0.4 is 5.56 Å². The second-order valence-electron chi connectivity index (χ2n) is 7.06. The Hall–Kier alpha value is -2.41. The van der Waals surface area contributed by atoms with Crippen molar-refractivity contribution < 1.29 is 14.7 Å². The van der Waals surface area contributed by atoms with Gasteiger partial charge in [-0.2, -0.15) is 0 Å². The molecule has 136 valence electrons. The lowest BCUT2D eigenvalue weighted by Crippen LogP contribution is -2.49. The van der Waals surface area contributed by atoms with Crippen LogP contribution in [0.3, 0.4) is 0 Å². The molecule has 1 amide bonds. The minimum atomic E-state index is -0.950. The summed E-state index contributed by atoms with van der Waals surface area (Å²) in [7, 11) is 0. The molecule has 4 heterocycles. The fourth-order valence-electron chi connectivity index (χ4n) is 4.14. The molecule has 6 nitrogen and oxygen atoms in total. The molecule has 2 bridgehead atoms. The van der Waals surface area contributed by atoms with E-state index in [1.807, 2.05) is 34.2 Å². The van der Waals surface area contributed by atoms with Crippen molar-refractivity contribution in [3.05, 3.63) is 45.7 Å². The lowest BCUT2D eigenvalue weighted by molar-refractivity contribution is -0.141. The highest BCUT2D eigenvalue weighted by Gasteiger charge is 2.36. The first-order valence-corrected chi connectivity index (χ1v) is 9.68. The molecule has 2 aliphatic rings. The Balaban J connectivity index is 1.59. The Kier molecular flexibility index (Phi) is 4.40. The lowest BCUT2D eigenvalue weighted by Gasteiger charge is -2.43. The fraction of sp³-hybridized carbons (Fsp3) is 0.421. The second-order valence-corrected chi connectivity index (χ2v) is 8.00. The number of amides is 1. The van der Waals surface area contributed by atoms with Gasteiger partial charge in [-0.1, -0.05) is 6.07 Å². The molecule has 1 N–H and O–H groups in total. The van der Waals surface area contributed by atoms with Gasteiger partial charge < -0.3 is 14.6 Å². The van der Waals surface area contributed by atoms with E-state index in [0.29, 0.717) is 19.6 Å². The van der Waals surface area contributed by atoms with Gasteiger partial charge in [0, 0.05) is 42.5 Å². The number of nitrogens with zero attached hydrogens (tertiary/aromatic N) is 2. The van der Waals surface area contributed by atoms with E-state index in [1.165, 1.54) is 0 Å². The van der Waals surface area contributed by atoms with E-state index in [0.717, 1.165) is 22.6 Å². The van der Waals surface area contributed by atoms with E-state index in [2.05, 4.69) is 0 Å². The molecule has 2 aromatic heterocycles. The van der Waals surface area contributed by atoms with Crippen molar-refractivity contribution in [2.45, 2.75) is 31.7 Å². The normalized spacial score (nSPS) is 21.3. The Bertz CT molecular complexity index is 903. The molecular formula is C19H20N2O4S. The number of hydrogen-bond acceptors (Lipinski definition) is 4. The van der Waals surface area contributed by atoms with Crippen LogP contribution in [0, 0.1) is 5.92 Å². The number of hydrogen-bond donors (Lipinski definition) is 1. The Morgan fingerprint density at radius 2 is 2.00 bits per heavy atom. The summed E-state index contributed by atoms with van der Waals surface area (Å²) in [5.41, 5.74) is 1.77. The monoisotopic (exact) mass is 372 g/mol. The van der Waals surface area contributed by atoms with Gasteiger partial charge in [-0.25, -0.2) is 0 Å². The summed E-state index contributed by atoms with van der Waals surface area (Å²) in [6.45, 7) is 1.78. The molecule has 0 saturated carbocycles. The lowest BCUT2D eigenvalue weighted by atomic mass is 9.82. The molecule has 1 fully saturated rings. The summed E-state index contributed by atoms with van der Waals surface area (Å²) in [5, 5.41) is 10.7. The first-order valence-electron chi connectivity index (χ1n) is 8.80. The number of aromatic nitrogens is 1. The van der Waals surface area contributed by atoms with Crippen LogP contribution in [0.2, 0.25) is 0 Å². The van der Waals surface area contributed by atoms with Crippen molar-refractivity contribution in [2.75, 3.05) is 13.1 Å². The summed E-state index contributed by atoms with van der Waals surface area (Å²) >= 11 is 1.56. The van der Waals surface area contributed by atoms with Crippen LogP contribution in [0.25, 0.3) is 10.4 Å². The standard InChI is InChI=1S/C19H20N2O4S/c22-17(5-6-18(23)24)20-9-12-8-13(11-20)15-4-3-14(16-2-1-7-26-16)19(25)21(15)10-12/h1-4,7,12-13H,5-6,8-11H2,(H,23,24)/t12-,13+/m0/s1. The highest BCUT2D eigenvalue weighted by atomic mass is 32.1. The zero-order valence-corrected chi connectivity index (χ0v) is 15.1. The van der Waals surface area contributed by atoms with Crippen molar-refractivity contribution in [1.29, 1.82) is 0 Å². The SMILES string of the molecule is O=C(O)CCC(=O)N1C[C@@H]2C[C@H](C1)c1ccc(-c3cccs3)c(=O)n1C2. The molecule has 0 unspecified atom stereocenters. The number of pyridine rings is 1. The van der Waals surface area contributed by atoms with Crippen molar-refractivity contribution in [3.63, 3.8) is 0 Å². The van der Waals surface area contributed by atoms with E-state index in [9.17, 15) is 14.4 Å². The average molecular weight is 372 g/mol. The molecule has 0 radical (unpaired) electrons. The number of carbonyl (C=O) groups excluding carboxylic acids is 1. The first-order chi connectivity index (χ1) is 12.5. The quantitative estimate of drug-likeness (QED) is 0.894. The molecule has 0 aromatic carbocycles. The van der Waals surface area contributed by atoms with Crippen LogP contribution in [-0.4, -0.2) is 39.5 Å². The Morgan fingerprint density at radius 3 is 2.73 bits per heavy atom. The number of carboxylic acids is 1. The van der Waals surface area contributed by atoms with Gasteiger partial charge in [-0.3, -0.25) is 14.4 Å². The Labute approximate surface area is 154 Å². The van der Waals surface area contributed by atoms with Gasteiger partial charge in [0.25, 0.3) is 5.56 Å². The fourth-order valence-corrected chi connectivity index (χ4v) is 4.88. The summed E-state index contributed by atoms with van der Waals surface area (Å²) < 4.78 is 1.88. The smallest absolute Gasteiger partial charge is 0.303 e. The maximum absolute atomic E-state index is 13.0. The van der Waals surface area contributed by atoms with Crippen molar-refractivity contribution >= 4 is 23.2 Å². The summed E-state index contributed by atoms with van der Waals surface area (Å²) in [6.07, 6.45) is 0.879. The number of piperidine rings is 1. The number of carbonyl (C=O) groups is 2. The number of fused-ring (bicyclic) bond motifs is 4. The third-order valence-corrected chi connectivity index (χ3v) is 6.20. The zero-order valence-electron chi connectivity index (χ0n) is 14.3. The van der Waals surface area contributed by atoms with Gasteiger partial charge in [0.05, 0.1) is 12.0 Å². The minimum Gasteiger partial charge on any atom is -0.481 e. The van der Waals surface area contributed by atoms with Crippen LogP contribution in [0.5, 0.6) is 0 Å². The molecule has 0 aliphatic carbocycles. The number of carboxylic acid groups (broad SMARTS) is 1. The predicted molar refractivity (Wildman–Crippen MR) is 98.3 cm³/mol. The second kappa shape index (κ2) is 6.72. The number of likely N-dealkylation sites (tertiary alicyclic amines) is 1. The van der Waals surface area contributed by atoms with Gasteiger partial charge >= 0.3 is 5.97 Å². The van der Waals surface area contributed by atoms with Gasteiger partial charge in [0.2, 0.25) is 5.91 Å². The highest BCUT2D eigenvalue weighted by Crippen LogP contribution is 2.36. The third kappa shape index (κ3) is 3.07. The minimum absolute atomic E-state index is 0.0406. The predicted octanol–water partition coefficient (Wildman–Crippen LogP) is 2.39. The molecule has 2 aromatic rings. The van der Waals surface area contributed by atoms with Crippen LogP contribution in [0.15, 0.2) is 34.4 Å². The Morgan fingerprint density at radius 1 is 1.15 bits per heavy atom. The van der Waals surface area contributed by atoms with E-state index in [4.69, 9.17) is 5.11 Å². The largest absolute Gasteiger partial charge is 0.481 e. The van der Waals surface area contributed by atoms with Gasteiger partial charge in [0.15, 0.2) is 0 Å². The maximum atomic E-state index is 13.0. The first kappa shape index (κ1) is 17.0. The highest BCUT2D eigenvalue weighted by molar-refractivity contribution is 7.13. The van der Waals surface area contributed by atoms with E-state index in [1.54, 1.807) is 16.2 Å². The summed E-state index contributed by atoms with van der Waals surface area (Å²) in [6, 6.07) is 7.81. The van der Waals surface area contributed by atoms with Gasteiger partial charge in [0.1, 0.15) is 0 Å². The van der Waals surface area contributed by atoms with Crippen LogP contribution in [-0.2, 0) is 16.1 Å². The molecular weight excluding hydrogens is 352 g/mol. The molecule has 1 saturated heterocycles. The van der Waals surface area contributed by atoms with Crippen molar-refractivity contribution in [1.82, 2.24) is 9.47 Å². The molecule has 2 atom stereocenters.